The van der Waals surface area contributed by atoms with Gasteiger partial charge in [0.15, 0.2) is 11.2 Å². The number of rotatable bonds is 31. The zero-order valence-electron chi connectivity index (χ0n) is 33.1. The highest BCUT2D eigenvalue weighted by molar-refractivity contribution is 7.46. The quantitative estimate of drug-likeness (QED) is 0.0165. The molecule has 0 saturated carbocycles. The number of esters is 1. The summed E-state index contributed by atoms with van der Waals surface area (Å²) in [5.74, 6) is -2.02. The summed E-state index contributed by atoms with van der Waals surface area (Å²) in [4.78, 5) is 60.2. The van der Waals surface area contributed by atoms with Crippen LogP contribution in [-0.4, -0.2) is 51.8 Å². The number of ether oxygens (including phenoxy) is 1. The van der Waals surface area contributed by atoms with Crippen molar-refractivity contribution >= 4 is 25.5 Å². The lowest BCUT2D eigenvalue weighted by Gasteiger charge is -2.40. The lowest BCUT2D eigenvalue weighted by Crippen LogP contribution is -2.74. The SMILES string of the molecule is CCCCCCCCCCCCCCCCNC(Cc1ccc(OP(=O)(O)O)cc1)(NC(=O)CC)C(=O)C(N)(CCC)C(=O)OCCCc1ccccc1. The molecule has 0 aromatic heterocycles. The first-order valence-electron chi connectivity index (χ1n) is 20.3. The molecule has 6 N–H and O–H groups in total. The molecule has 0 aliphatic heterocycles. The first kappa shape index (κ1) is 47.1. The number of phosphoric ester groups is 1. The van der Waals surface area contributed by atoms with Crippen LogP contribution in [0.1, 0.15) is 147 Å². The summed E-state index contributed by atoms with van der Waals surface area (Å²) >= 11 is 0. The number of nitrogens with two attached hydrogens (primary N) is 1. The minimum Gasteiger partial charge on any atom is -0.464 e. The van der Waals surface area contributed by atoms with Crippen molar-refractivity contribution in [2.24, 2.45) is 5.73 Å². The predicted molar refractivity (Wildman–Crippen MR) is 215 cm³/mol. The van der Waals surface area contributed by atoms with Crippen LogP contribution in [0.5, 0.6) is 5.75 Å². The molecule has 2 aromatic rings. The number of aryl methyl sites for hydroxylation is 1. The molecular formula is C42H68N3O8P. The van der Waals surface area contributed by atoms with Gasteiger partial charge in [0.25, 0.3) is 0 Å². The smallest absolute Gasteiger partial charge is 0.464 e. The maximum Gasteiger partial charge on any atom is 0.524 e. The second kappa shape index (κ2) is 25.9. The van der Waals surface area contributed by atoms with Gasteiger partial charge in [-0.2, -0.15) is 0 Å². The first-order chi connectivity index (χ1) is 25.9. The van der Waals surface area contributed by atoms with E-state index in [0.717, 1.165) is 31.2 Å². The van der Waals surface area contributed by atoms with E-state index in [1.165, 1.54) is 76.3 Å². The number of benzene rings is 2. The highest BCUT2D eigenvalue weighted by Gasteiger charge is 2.53. The van der Waals surface area contributed by atoms with Crippen molar-refractivity contribution in [2.45, 2.75) is 160 Å². The molecule has 0 bridgehead atoms. The Morgan fingerprint density at radius 2 is 1.28 bits per heavy atom. The number of hydrogen-bond acceptors (Lipinski definition) is 8. The second-order valence-electron chi connectivity index (χ2n) is 14.5. The van der Waals surface area contributed by atoms with Gasteiger partial charge in [0.1, 0.15) is 5.75 Å². The normalized spacial score (nSPS) is 13.8. The molecule has 2 atom stereocenters. The van der Waals surface area contributed by atoms with Crippen molar-refractivity contribution in [3.8, 4) is 5.75 Å². The van der Waals surface area contributed by atoms with E-state index in [2.05, 4.69) is 17.6 Å². The average molecular weight is 774 g/mol. The van der Waals surface area contributed by atoms with Gasteiger partial charge in [-0.1, -0.05) is 153 Å². The van der Waals surface area contributed by atoms with E-state index >= 15 is 0 Å². The molecule has 12 heteroatoms. The number of unbranched alkanes of at least 4 members (excludes halogenated alkanes) is 13. The van der Waals surface area contributed by atoms with Crippen molar-refractivity contribution in [1.29, 1.82) is 0 Å². The molecule has 304 valence electrons. The van der Waals surface area contributed by atoms with Crippen LogP contribution >= 0.6 is 7.82 Å². The maximum absolute atomic E-state index is 14.8. The summed E-state index contributed by atoms with van der Waals surface area (Å²) in [5, 5.41) is 6.22. The molecule has 0 radical (unpaired) electrons. The van der Waals surface area contributed by atoms with Crippen molar-refractivity contribution in [3.05, 3.63) is 65.7 Å². The third kappa shape index (κ3) is 18.0. The Morgan fingerprint density at radius 3 is 1.80 bits per heavy atom. The van der Waals surface area contributed by atoms with Gasteiger partial charge in [0.2, 0.25) is 11.7 Å². The van der Waals surface area contributed by atoms with E-state index in [1.807, 2.05) is 37.3 Å². The minimum atomic E-state index is -4.78. The van der Waals surface area contributed by atoms with Gasteiger partial charge in [0, 0.05) is 12.8 Å². The molecule has 0 fully saturated rings. The molecule has 1 amide bonds. The van der Waals surface area contributed by atoms with E-state index in [9.17, 15) is 28.7 Å². The van der Waals surface area contributed by atoms with Crippen LogP contribution in [0, 0.1) is 0 Å². The predicted octanol–water partition coefficient (Wildman–Crippen LogP) is 8.24. The molecule has 0 aliphatic carbocycles. The number of carbonyl (C=O) groups is 3. The van der Waals surface area contributed by atoms with Crippen molar-refractivity contribution in [3.63, 3.8) is 0 Å². The summed E-state index contributed by atoms with van der Waals surface area (Å²) in [5.41, 5.74) is 4.58. The Kier molecular flexibility index (Phi) is 22.6. The van der Waals surface area contributed by atoms with Crippen LogP contribution in [0.25, 0.3) is 0 Å². The summed E-state index contributed by atoms with van der Waals surface area (Å²) in [6.07, 6.45) is 18.5. The average Bonchev–Trinajstić information content (AvgIpc) is 3.15. The number of carbonyl (C=O) groups excluding carboxylic acids is 3. The standard InChI is InChI=1S/C42H68N3O8P/c1-4-7-8-9-10-11-12-13-14-15-16-17-18-22-32-44-42(45-38(46)6-3,34-36-27-29-37(30-28-36)53-54(49,50)51)39(47)41(43,31-5-2)40(48)52-33-23-26-35-24-20-19-21-25-35/h19-21,24-25,27-30,44H,4-18,22-23,26,31-34,43H2,1-3H3,(H,45,46)(H2,49,50,51). The van der Waals surface area contributed by atoms with Crippen LogP contribution in [-0.2, 0) is 36.5 Å². The molecular weight excluding hydrogens is 705 g/mol. The van der Waals surface area contributed by atoms with Gasteiger partial charge in [-0.25, -0.2) is 9.36 Å². The Bertz CT molecular complexity index is 1400. The Labute approximate surface area is 324 Å². The van der Waals surface area contributed by atoms with E-state index in [1.54, 1.807) is 19.1 Å². The fraction of sp³-hybridized carbons (Fsp3) is 0.643. The van der Waals surface area contributed by atoms with Crippen molar-refractivity contribution < 1.29 is 38.0 Å². The van der Waals surface area contributed by atoms with Gasteiger partial charge in [-0.05, 0) is 55.5 Å². The molecule has 0 saturated heterocycles. The number of phosphoric acid groups is 1. The number of amides is 1. The summed E-state index contributed by atoms with van der Waals surface area (Å²) < 4.78 is 21.8. The Hall–Kier alpha value is -3.08. The monoisotopic (exact) mass is 773 g/mol. The van der Waals surface area contributed by atoms with Crippen molar-refractivity contribution in [1.82, 2.24) is 10.6 Å². The van der Waals surface area contributed by atoms with Crippen LogP contribution in [0.15, 0.2) is 54.6 Å². The Morgan fingerprint density at radius 1 is 0.722 bits per heavy atom. The molecule has 0 aliphatic rings. The third-order valence-corrected chi connectivity index (χ3v) is 10.2. The zero-order valence-corrected chi connectivity index (χ0v) is 34.0. The van der Waals surface area contributed by atoms with Crippen LogP contribution in [0.2, 0.25) is 0 Å². The largest absolute Gasteiger partial charge is 0.524 e. The number of nitrogens with one attached hydrogen (secondary N) is 2. The second-order valence-corrected chi connectivity index (χ2v) is 15.7. The lowest BCUT2D eigenvalue weighted by atomic mass is 9.79. The van der Waals surface area contributed by atoms with E-state index in [0.29, 0.717) is 31.4 Å². The third-order valence-electron chi connectivity index (χ3n) is 9.74. The molecule has 2 aromatic carbocycles. The first-order valence-corrected chi connectivity index (χ1v) is 21.9. The number of hydrogen-bond donors (Lipinski definition) is 5. The summed E-state index contributed by atoms with van der Waals surface area (Å²) in [6.45, 7) is 6.20. The van der Waals surface area contributed by atoms with Crippen molar-refractivity contribution in [2.75, 3.05) is 13.2 Å². The maximum atomic E-state index is 14.8. The molecule has 11 nitrogen and oxygen atoms in total. The van der Waals surface area contributed by atoms with Gasteiger partial charge >= 0.3 is 13.8 Å². The Balaban J connectivity index is 2.17. The number of Topliss-reactive ketones (excluding diaryl/α,β-unsaturated/α-hetero) is 1. The van der Waals surface area contributed by atoms with Crippen LogP contribution in [0.3, 0.4) is 0 Å². The van der Waals surface area contributed by atoms with Gasteiger partial charge in [-0.3, -0.25) is 24.7 Å². The molecule has 0 spiro atoms. The zero-order chi connectivity index (χ0) is 39.7. The molecule has 2 unspecified atom stereocenters. The highest BCUT2D eigenvalue weighted by Crippen LogP contribution is 2.37. The summed E-state index contributed by atoms with van der Waals surface area (Å²) in [7, 11) is -4.78. The van der Waals surface area contributed by atoms with Gasteiger partial charge in [0.05, 0.1) is 6.61 Å². The van der Waals surface area contributed by atoms with Gasteiger partial charge < -0.3 is 20.3 Å². The van der Waals surface area contributed by atoms with E-state index < -0.39 is 36.7 Å². The fourth-order valence-corrected chi connectivity index (χ4v) is 7.12. The summed E-state index contributed by atoms with van der Waals surface area (Å²) in [6, 6.07) is 15.7. The molecule has 2 rings (SSSR count). The molecule has 54 heavy (non-hydrogen) atoms. The minimum absolute atomic E-state index is 0.00268. The van der Waals surface area contributed by atoms with E-state index in [4.69, 9.17) is 15.0 Å². The van der Waals surface area contributed by atoms with Crippen LogP contribution < -0.4 is 20.9 Å². The lowest BCUT2D eigenvalue weighted by molar-refractivity contribution is -0.157. The topological polar surface area (TPSA) is 177 Å². The van der Waals surface area contributed by atoms with Gasteiger partial charge in [-0.15, -0.1) is 0 Å². The molecule has 0 heterocycles. The fourth-order valence-electron chi connectivity index (χ4n) is 6.73. The highest BCUT2D eigenvalue weighted by atomic mass is 31.2. The van der Waals surface area contributed by atoms with Crippen LogP contribution in [0.4, 0.5) is 0 Å². The number of ketones is 1. The van der Waals surface area contributed by atoms with E-state index in [-0.39, 0.29) is 31.6 Å².